The van der Waals surface area contributed by atoms with Crippen molar-refractivity contribution >= 4 is 34.2 Å². The summed E-state index contributed by atoms with van der Waals surface area (Å²) in [5.41, 5.74) is 7.02. The molecule has 24 heavy (non-hydrogen) atoms. The van der Waals surface area contributed by atoms with Crippen molar-refractivity contribution < 1.29 is 9.53 Å². The van der Waals surface area contributed by atoms with E-state index in [1.165, 1.54) is 0 Å². The number of amides is 1. The van der Waals surface area contributed by atoms with Gasteiger partial charge in [0, 0.05) is 18.0 Å². The van der Waals surface area contributed by atoms with Crippen LogP contribution in [0.4, 0.5) is 5.69 Å². The van der Waals surface area contributed by atoms with Crippen LogP contribution in [0.5, 0.6) is 0 Å². The fraction of sp³-hybridized carbons (Fsp3) is 0.471. The lowest BCUT2D eigenvalue weighted by Gasteiger charge is -2.16. The van der Waals surface area contributed by atoms with Crippen LogP contribution in [0.15, 0.2) is 28.3 Å². The molecule has 2 N–H and O–H groups in total. The lowest BCUT2D eigenvalue weighted by Crippen LogP contribution is -2.26. The molecule has 2 unspecified atom stereocenters. The fourth-order valence-electron chi connectivity index (χ4n) is 3.12. The number of benzene rings is 1. The second-order valence-electron chi connectivity index (χ2n) is 6.25. The Hall–Kier alpha value is -1.86. The minimum Gasteiger partial charge on any atom is -0.376 e. The second-order valence-corrected chi connectivity index (χ2v) is 7.22. The van der Waals surface area contributed by atoms with E-state index in [9.17, 15) is 4.79 Å². The van der Waals surface area contributed by atoms with E-state index in [2.05, 4.69) is 26.9 Å². The van der Waals surface area contributed by atoms with Gasteiger partial charge in [-0.3, -0.25) is 15.2 Å². The molecule has 1 fully saturated rings. The van der Waals surface area contributed by atoms with Crippen LogP contribution in [0.3, 0.4) is 0 Å². The maximum atomic E-state index is 11.8. The van der Waals surface area contributed by atoms with Crippen molar-refractivity contribution in [3.05, 3.63) is 29.3 Å². The SMILES string of the molecule is CC1C(=O)Nc2ccc(C3=NNC(=NCC4CCCO4)SC3)cc21. The average molecular weight is 344 g/mol. The third kappa shape index (κ3) is 3.06. The molecule has 1 amide bonds. The van der Waals surface area contributed by atoms with Gasteiger partial charge >= 0.3 is 0 Å². The van der Waals surface area contributed by atoms with Crippen LogP contribution in [-0.2, 0) is 9.53 Å². The molecular weight excluding hydrogens is 324 g/mol. The van der Waals surface area contributed by atoms with Crippen molar-refractivity contribution in [2.45, 2.75) is 31.8 Å². The van der Waals surface area contributed by atoms with Crippen molar-refractivity contribution in [1.82, 2.24) is 5.43 Å². The van der Waals surface area contributed by atoms with Crippen LogP contribution >= 0.6 is 11.8 Å². The van der Waals surface area contributed by atoms with Gasteiger partial charge in [-0.15, -0.1) is 0 Å². The molecule has 3 heterocycles. The van der Waals surface area contributed by atoms with E-state index in [1.807, 2.05) is 19.1 Å². The quantitative estimate of drug-likeness (QED) is 0.882. The lowest BCUT2D eigenvalue weighted by molar-refractivity contribution is -0.116. The van der Waals surface area contributed by atoms with Gasteiger partial charge in [0.1, 0.15) is 0 Å². The van der Waals surface area contributed by atoms with E-state index in [0.29, 0.717) is 6.54 Å². The van der Waals surface area contributed by atoms with Crippen LogP contribution in [0.1, 0.15) is 36.8 Å². The number of aliphatic imine (C=N–C) groups is 1. The third-order valence-corrected chi connectivity index (χ3v) is 5.51. The van der Waals surface area contributed by atoms with E-state index in [0.717, 1.165) is 52.9 Å². The van der Waals surface area contributed by atoms with Gasteiger partial charge in [0.2, 0.25) is 5.91 Å². The zero-order valence-corrected chi connectivity index (χ0v) is 14.4. The predicted molar refractivity (Wildman–Crippen MR) is 96.9 cm³/mol. The van der Waals surface area contributed by atoms with Gasteiger partial charge in [0.05, 0.1) is 24.3 Å². The Bertz CT molecular complexity index is 725. The Labute approximate surface area is 145 Å². The number of anilines is 1. The highest BCUT2D eigenvalue weighted by atomic mass is 32.2. The van der Waals surface area contributed by atoms with Crippen molar-refractivity contribution in [2.24, 2.45) is 10.1 Å². The number of nitrogens with one attached hydrogen (secondary N) is 2. The summed E-state index contributed by atoms with van der Waals surface area (Å²) in [7, 11) is 0. The molecule has 0 bridgehead atoms. The molecule has 7 heteroatoms. The zero-order valence-electron chi connectivity index (χ0n) is 13.5. The molecular formula is C17H20N4O2S. The summed E-state index contributed by atoms with van der Waals surface area (Å²) < 4.78 is 5.58. The van der Waals surface area contributed by atoms with E-state index in [1.54, 1.807) is 11.8 Å². The van der Waals surface area contributed by atoms with Crippen LogP contribution in [-0.4, -0.2) is 41.8 Å². The maximum Gasteiger partial charge on any atom is 0.231 e. The Kier molecular flexibility index (Phi) is 4.28. The van der Waals surface area contributed by atoms with E-state index in [-0.39, 0.29) is 17.9 Å². The monoisotopic (exact) mass is 344 g/mol. The maximum absolute atomic E-state index is 11.8. The van der Waals surface area contributed by atoms with Gasteiger partial charge in [0.15, 0.2) is 5.17 Å². The highest BCUT2D eigenvalue weighted by molar-refractivity contribution is 8.14. The van der Waals surface area contributed by atoms with Gasteiger partial charge in [-0.25, -0.2) is 0 Å². The molecule has 6 nitrogen and oxygen atoms in total. The summed E-state index contributed by atoms with van der Waals surface area (Å²) >= 11 is 1.65. The van der Waals surface area contributed by atoms with Gasteiger partial charge < -0.3 is 10.1 Å². The van der Waals surface area contributed by atoms with Crippen LogP contribution in [0.25, 0.3) is 0 Å². The lowest BCUT2D eigenvalue weighted by atomic mass is 9.99. The molecule has 0 aromatic heterocycles. The standard InChI is InChI=1S/C17H20N4O2S/c1-10-13-7-11(4-5-14(13)19-16(10)22)15-9-24-17(21-20-15)18-8-12-3-2-6-23-12/h4-5,7,10,12H,2-3,6,8-9H2,1H3,(H,18,21)(H,19,22). The third-order valence-electron chi connectivity index (χ3n) is 4.60. The molecule has 3 aliphatic heterocycles. The van der Waals surface area contributed by atoms with Gasteiger partial charge in [-0.1, -0.05) is 17.8 Å². The number of rotatable bonds is 3. The molecule has 126 valence electrons. The normalized spacial score (nSPS) is 27.6. The molecule has 0 aliphatic carbocycles. The number of carbonyl (C=O) groups excluding carboxylic acids is 1. The molecule has 0 saturated carbocycles. The van der Waals surface area contributed by atoms with E-state index < -0.39 is 0 Å². The summed E-state index contributed by atoms with van der Waals surface area (Å²) in [6.45, 7) is 3.48. The number of carbonyl (C=O) groups is 1. The smallest absolute Gasteiger partial charge is 0.231 e. The first kappa shape index (κ1) is 15.7. The Morgan fingerprint density at radius 3 is 3.12 bits per heavy atom. The highest BCUT2D eigenvalue weighted by Gasteiger charge is 2.27. The Morgan fingerprint density at radius 2 is 2.38 bits per heavy atom. The van der Waals surface area contributed by atoms with Gasteiger partial charge in [0.25, 0.3) is 0 Å². The number of hydrogen-bond donors (Lipinski definition) is 2. The predicted octanol–water partition coefficient (Wildman–Crippen LogP) is 2.32. The average Bonchev–Trinajstić information content (AvgIpc) is 3.22. The highest BCUT2D eigenvalue weighted by Crippen LogP contribution is 2.33. The fourth-order valence-corrected chi connectivity index (χ4v) is 3.90. The number of amidine groups is 1. The van der Waals surface area contributed by atoms with Crippen LogP contribution in [0, 0.1) is 0 Å². The first-order valence-corrected chi connectivity index (χ1v) is 9.26. The molecule has 0 spiro atoms. The molecule has 1 aromatic carbocycles. The van der Waals surface area contributed by atoms with E-state index in [4.69, 9.17) is 4.74 Å². The second kappa shape index (κ2) is 6.57. The summed E-state index contributed by atoms with van der Waals surface area (Å²) in [6, 6.07) is 6.03. The van der Waals surface area contributed by atoms with Crippen LogP contribution in [0.2, 0.25) is 0 Å². The van der Waals surface area contributed by atoms with Crippen molar-refractivity contribution in [2.75, 3.05) is 24.2 Å². The van der Waals surface area contributed by atoms with Gasteiger partial charge in [-0.05, 0) is 43.0 Å². The zero-order chi connectivity index (χ0) is 16.5. The summed E-state index contributed by atoms with van der Waals surface area (Å²) in [5.74, 6) is 0.725. The largest absolute Gasteiger partial charge is 0.376 e. The first-order valence-electron chi connectivity index (χ1n) is 8.27. The Morgan fingerprint density at radius 1 is 1.46 bits per heavy atom. The van der Waals surface area contributed by atoms with Crippen molar-refractivity contribution in [1.29, 1.82) is 0 Å². The topological polar surface area (TPSA) is 75.1 Å². The molecule has 0 radical (unpaired) electrons. The number of hydrogen-bond acceptors (Lipinski definition) is 5. The van der Waals surface area contributed by atoms with Crippen LogP contribution < -0.4 is 10.7 Å². The molecule has 1 aromatic rings. The minimum absolute atomic E-state index is 0.0591. The first-order chi connectivity index (χ1) is 11.7. The van der Waals surface area contributed by atoms with Gasteiger partial charge in [-0.2, -0.15) is 5.10 Å². The summed E-state index contributed by atoms with van der Waals surface area (Å²) in [4.78, 5) is 16.3. The number of hydrazone groups is 1. The summed E-state index contributed by atoms with van der Waals surface area (Å²) in [6.07, 6.45) is 2.48. The number of thioether (sulfide) groups is 1. The summed E-state index contributed by atoms with van der Waals surface area (Å²) in [5, 5.41) is 8.21. The molecule has 4 rings (SSSR count). The molecule has 2 atom stereocenters. The molecule has 1 saturated heterocycles. The number of nitrogens with zero attached hydrogens (tertiary/aromatic N) is 2. The minimum atomic E-state index is -0.103. The number of ether oxygens (including phenoxy) is 1. The molecule has 3 aliphatic rings. The Balaban J connectivity index is 1.45. The van der Waals surface area contributed by atoms with Crippen molar-refractivity contribution in [3.63, 3.8) is 0 Å². The van der Waals surface area contributed by atoms with Crippen molar-refractivity contribution in [3.8, 4) is 0 Å². The number of fused-ring (bicyclic) bond motifs is 1. The van der Waals surface area contributed by atoms with E-state index >= 15 is 0 Å².